The molecule has 0 aliphatic rings. The van der Waals surface area contributed by atoms with Gasteiger partial charge < -0.3 is 14.6 Å². The summed E-state index contributed by atoms with van der Waals surface area (Å²) in [4.78, 5) is 16.8. The SMILES string of the molecule is Cn1c(C(=O)NCCCOc2cccc3cccnc23)cc2ccccc21. The highest BCUT2D eigenvalue weighted by Gasteiger charge is 2.12. The first-order valence-electron chi connectivity index (χ1n) is 9.03. The molecule has 0 aliphatic carbocycles. The standard InChI is InChI=1S/C22H21N3O2/c1-25-18-10-3-2-7-17(18)15-19(25)22(26)24-13-6-14-27-20-11-4-8-16-9-5-12-23-21(16)20/h2-5,7-12,15H,6,13-14H2,1H3,(H,24,26). The molecule has 0 unspecified atom stereocenters. The van der Waals surface area contributed by atoms with Crippen LogP contribution in [0, 0.1) is 0 Å². The van der Waals surface area contributed by atoms with Gasteiger partial charge in [-0.2, -0.15) is 0 Å². The number of ether oxygens (including phenoxy) is 1. The number of carbonyl (C=O) groups is 1. The van der Waals surface area contributed by atoms with Crippen molar-refractivity contribution in [3.63, 3.8) is 0 Å². The second-order valence-electron chi connectivity index (χ2n) is 6.44. The van der Waals surface area contributed by atoms with Gasteiger partial charge in [0.1, 0.15) is 17.0 Å². The molecule has 2 aromatic heterocycles. The average molecular weight is 359 g/mol. The first-order valence-corrected chi connectivity index (χ1v) is 9.03. The van der Waals surface area contributed by atoms with Crippen LogP contribution >= 0.6 is 0 Å². The van der Waals surface area contributed by atoms with Crippen LogP contribution in [0.2, 0.25) is 0 Å². The van der Waals surface area contributed by atoms with E-state index in [1.165, 1.54) is 0 Å². The van der Waals surface area contributed by atoms with Crippen LogP contribution in [-0.4, -0.2) is 28.6 Å². The van der Waals surface area contributed by atoms with Crippen LogP contribution in [0.4, 0.5) is 0 Å². The quantitative estimate of drug-likeness (QED) is 0.531. The van der Waals surface area contributed by atoms with E-state index in [1.807, 2.05) is 72.3 Å². The number of fused-ring (bicyclic) bond motifs is 2. The first kappa shape index (κ1) is 17.1. The number of pyridine rings is 1. The van der Waals surface area contributed by atoms with Gasteiger partial charge in [0.15, 0.2) is 0 Å². The lowest BCUT2D eigenvalue weighted by Crippen LogP contribution is -2.27. The van der Waals surface area contributed by atoms with Crippen molar-refractivity contribution in [2.24, 2.45) is 7.05 Å². The zero-order chi connectivity index (χ0) is 18.6. The maximum absolute atomic E-state index is 12.5. The fourth-order valence-electron chi connectivity index (χ4n) is 3.25. The predicted octanol–water partition coefficient (Wildman–Crippen LogP) is 3.93. The van der Waals surface area contributed by atoms with E-state index in [0.29, 0.717) is 18.8 Å². The Labute approximate surface area is 157 Å². The van der Waals surface area contributed by atoms with Crippen molar-refractivity contribution < 1.29 is 9.53 Å². The van der Waals surface area contributed by atoms with Gasteiger partial charge in [0.05, 0.1) is 6.61 Å². The van der Waals surface area contributed by atoms with E-state index in [-0.39, 0.29) is 5.91 Å². The van der Waals surface area contributed by atoms with E-state index in [9.17, 15) is 4.79 Å². The zero-order valence-electron chi connectivity index (χ0n) is 15.2. The highest BCUT2D eigenvalue weighted by atomic mass is 16.5. The molecule has 5 nitrogen and oxygen atoms in total. The molecule has 27 heavy (non-hydrogen) atoms. The molecule has 0 atom stereocenters. The summed E-state index contributed by atoms with van der Waals surface area (Å²) < 4.78 is 7.78. The highest BCUT2D eigenvalue weighted by molar-refractivity contribution is 5.98. The van der Waals surface area contributed by atoms with Gasteiger partial charge in [-0.05, 0) is 30.7 Å². The van der Waals surface area contributed by atoms with Crippen molar-refractivity contribution in [3.05, 3.63) is 72.6 Å². The summed E-state index contributed by atoms with van der Waals surface area (Å²) >= 11 is 0. The molecule has 0 aliphatic heterocycles. The van der Waals surface area contributed by atoms with Gasteiger partial charge in [0.2, 0.25) is 0 Å². The van der Waals surface area contributed by atoms with Crippen LogP contribution in [0.5, 0.6) is 5.75 Å². The molecule has 1 amide bonds. The Bertz CT molecular complexity index is 1100. The van der Waals surface area contributed by atoms with Crippen LogP contribution in [0.25, 0.3) is 21.8 Å². The summed E-state index contributed by atoms with van der Waals surface area (Å²) in [5, 5.41) is 5.09. The third-order valence-electron chi connectivity index (χ3n) is 4.64. The number of hydrogen-bond donors (Lipinski definition) is 1. The second-order valence-corrected chi connectivity index (χ2v) is 6.44. The van der Waals surface area contributed by atoms with Crippen LogP contribution in [0.1, 0.15) is 16.9 Å². The molecule has 0 spiro atoms. The number of rotatable bonds is 6. The molecule has 0 radical (unpaired) electrons. The maximum atomic E-state index is 12.5. The van der Waals surface area contributed by atoms with Gasteiger partial charge in [-0.25, -0.2) is 0 Å². The topological polar surface area (TPSA) is 56.2 Å². The summed E-state index contributed by atoms with van der Waals surface area (Å²) in [5.41, 5.74) is 2.57. The summed E-state index contributed by atoms with van der Waals surface area (Å²) in [5.74, 6) is 0.702. The number of nitrogens with zero attached hydrogens (tertiary/aromatic N) is 2. The number of amides is 1. The van der Waals surface area contributed by atoms with E-state index in [1.54, 1.807) is 6.20 Å². The third-order valence-corrected chi connectivity index (χ3v) is 4.64. The lowest BCUT2D eigenvalue weighted by Gasteiger charge is -2.09. The van der Waals surface area contributed by atoms with Gasteiger partial charge in [-0.3, -0.25) is 9.78 Å². The number of hydrogen-bond acceptors (Lipinski definition) is 3. The minimum Gasteiger partial charge on any atom is -0.491 e. The van der Waals surface area contributed by atoms with Gasteiger partial charge in [0.25, 0.3) is 5.91 Å². The van der Waals surface area contributed by atoms with Crippen LogP contribution < -0.4 is 10.1 Å². The van der Waals surface area contributed by atoms with Gasteiger partial charge in [-0.1, -0.05) is 36.4 Å². The van der Waals surface area contributed by atoms with E-state index >= 15 is 0 Å². The highest BCUT2D eigenvalue weighted by Crippen LogP contribution is 2.23. The molecule has 0 saturated carbocycles. The Balaban J connectivity index is 1.32. The average Bonchev–Trinajstić information content (AvgIpc) is 3.05. The fraction of sp³-hybridized carbons (Fsp3) is 0.182. The largest absolute Gasteiger partial charge is 0.491 e. The molecule has 2 heterocycles. The normalized spacial score (nSPS) is 11.0. The molecule has 1 N–H and O–H groups in total. The van der Waals surface area contributed by atoms with Crippen LogP contribution in [0.15, 0.2) is 66.9 Å². The summed E-state index contributed by atoms with van der Waals surface area (Å²) in [6.45, 7) is 1.07. The second kappa shape index (κ2) is 7.50. The Hall–Kier alpha value is -3.34. The van der Waals surface area contributed by atoms with Crippen molar-refractivity contribution in [2.45, 2.75) is 6.42 Å². The third kappa shape index (κ3) is 3.49. The van der Waals surface area contributed by atoms with Crippen molar-refractivity contribution in [3.8, 4) is 5.75 Å². The summed E-state index contributed by atoms with van der Waals surface area (Å²) in [7, 11) is 1.91. The van der Waals surface area contributed by atoms with Gasteiger partial charge in [0, 0.05) is 36.1 Å². The number of para-hydroxylation sites is 2. The number of aromatic nitrogens is 2. The molecule has 0 saturated heterocycles. The Morgan fingerprint density at radius 2 is 1.89 bits per heavy atom. The molecule has 4 rings (SSSR count). The number of nitrogens with one attached hydrogen (secondary N) is 1. The minimum atomic E-state index is -0.0690. The van der Waals surface area contributed by atoms with Gasteiger partial charge in [-0.15, -0.1) is 0 Å². The molecule has 5 heteroatoms. The number of aryl methyl sites for hydroxylation is 1. The lowest BCUT2D eigenvalue weighted by atomic mass is 10.2. The van der Waals surface area contributed by atoms with Crippen molar-refractivity contribution in [2.75, 3.05) is 13.2 Å². The van der Waals surface area contributed by atoms with E-state index in [0.717, 1.165) is 34.0 Å². The molecule has 0 fully saturated rings. The minimum absolute atomic E-state index is 0.0690. The Morgan fingerprint density at radius 3 is 2.78 bits per heavy atom. The molecule has 0 bridgehead atoms. The lowest BCUT2D eigenvalue weighted by molar-refractivity contribution is 0.0944. The van der Waals surface area contributed by atoms with Crippen molar-refractivity contribution in [1.29, 1.82) is 0 Å². The first-order chi connectivity index (χ1) is 13.2. The van der Waals surface area contributed by atoms with Crippen LogP contribution in [0.3, 0.4) is 0 Å². The van der Waals surface area contributed by atoms with E-state index in [2.05, 4.69) is 10.3 Å². The number of benzene rings is 2. The predicted molar refractivity (Wildman–Crippen MR) is 107 cm³/mol. The fourth-order valence-corrected chi connectivity index (χ4v) is 3.25. The smallest absolute Gasteiger partial charge is 0.267 e. The Kier molecular flexibility index (Phi) is 4.75. The molecule has 4 aromatic rings. The Morgan fingerprint density at radius 1 is 1.07 bits per heavy atom. The summed E-state index contributed by atoms with van der Waals surface area (Å²) in [6, 6.07) is 19.7. The maximum Gasteiger partial charge on any atom is 0.267 e. The molecular weight excluding hydrogens is 338 g/mol. The summed E-state index contributed by atoms with van der Waals surface area (Å²) in [6.07, 6.45) is 2.48. The monoisotopic (exact) mass is 359 g/mol. The molecular formula is C22H21N3O2. The van der Waals surface area contributed by atoms with E-state index < -0.39 is 0 Å². The molecule has 2 aromatic carbocycles. The van der Waals surface area contributed by atoms with Crippen molar-refractivity contribution in [1.82, 2.24) is 14.9 Å². The van der Waals surface area contributed by atoms with Crippen molar-refractivity contribution >= 4 is 27.7 Å². The molecule has 136 valence electrons. The van der Waals surface area contributed by atoms with Crippen LogP contribution in [-0.2, 0) is 7.05 Å². The number of carbonyl (C=O) groups excluding carboxylic acids is 1. The zero-order valence-corrected chi connectivity index (χ0v) is 15.2. The van der Waals surface area contributed by atoms with Gasteiger partial charge >= 0.3 is 0 Å². The van der Waals surface area contributed by atoms with E-state index in [4.69, 9.17) is 4.74 Å².